The van der Waals surface area contributed by atoms with Crippen molar-refractivity contribution in [2.45, 2.75) is 18.8 Å². The molecule has 1 amide bonds. The first kappa shape index (κ1) is 14.3. The van der Waals surface area contributed by atoms with Gasteiger partial charge in [-0.25, -0.2) is 4.98 Å². The highest BCUT2D eigenvalue weighted by Gasteiger charge is 2.26. The third kappa shape index (κ3) is 2.85. The number of carbonyl (C=O) groups is 1. The van der Waals surface area contributed by atoms with Gasteiger partial charge < -0.3 is 4.98 Å². The maximum absolute atomic E-state index is 12.6. The molecule has 1 saturated carbocycles. The van der Waals surface area contributed by atoms with Gasteiger partial charge in [0, 0.05) is 23.2 Å². The lowest BCUT2D eigenvalue weighted by Gasteiger charge is -2.07. The second kappa shape index (κ2) is 5.75. The Labute approximate surface area is 142 Å². The third-order valence-corrected chi connectivity index (χ3v) is 4.84. The van der Waals surface area contributed by atoms with Crippen LogP contribution in [0.2, 0.25) is 0 Å². The highest BCUT2D eigenvalue weighted by Crippen LogP contribution is 2.40. The number of H-pyrrole nitrogens is 1. The molecule has 2 aromatic heterocycles. The smallest absolute Gasteiger partial charge is 0.276 e. The Hall–Kier alpha value is -2.25. The van der Waals surface area contributed by atoms with Crippen molar-refractivity contribution >= 4 is 34.6 Å². The molecule has 7 heteroatoms. The van der Waals surface area contributed by atoms with E-state index < -0.39 is 0 Å². The Bertz CT molecular complexity index is 906. The van der Waals surface area contributed by atoms with Crippen molar-refractivity contribution in [3.63, 3.8) is 0 Å². The molecular weight excluding hydrogens is 328 g/mol. The van der Waals surface area contributed by atoms with Crippen LogP contribution in [-0.2, 0) is 0 Å². The van der Waals surface area contributed by atoms with E-state index in [1.54, 1.807) is 10.8 Å². The molecule has 1 aliphatic rings. The van der Waals surface area contributed by atoms with Gasteiger partial charge in [-0.2, -0.15) is 0 Å². The van der Waals surface area contributed by atoms with E-state index in [4.69, 9.17) is 12.2 Å². The van der Waals surface area contributed by atoms with Gasteiger partial charge in [-0.3, -0.25) is 14.7 Å². The largest absolute Gasteiger partial charge is 0.336 e. The fraction of sp³-hybridized carbons (Fsp3) is 0.188. The van der Waals surface area contributed by atoms with Gasteiger partial charge in [0.25, 0.3) is 5.91 Å². The molecule has 1 fully saturated rings. The standard InChI is InChI=1S/C16H14N4OS2/c21-14(19-15-18-12(9-23-15)10-6-7-10)13-8-17-16(22)20(13)11-4-2-1-3-5-11/h1-5,8-10H,6-7H2,(H,17,22)(H,18,19,21). The van der Waals surface area contributed by atoms with E-state index >= 15 is 0 Å². The molecule has 0 saturated heterocycles. The number of para-hydroxylation sites is 1. The Kier molecular flexibility index (Phi) is 3.59. The van der Waals surface area contributed by atoms with Gasteiger partial charge in [0.1, 0.15) is 5.69 Å². The second-order valence-corrected chi connectivity index (χ2v) is 6.70. The van der Waals surface area contributed by atoms with Gasteiger partial charge in [-0.1, -0.05) is 18.2 Å². The average Bonchev–Trinajstić information content (AvgIpc) is 3.19. The summed E-state index contributed by atoms with van der Waals surface area (Å²) in [4.78, 5) is 20.0. The minimum Gasteiger partial charge on any atom is -0.336 e. The summed E-state index contributed by atoms with van der Waals surface area (Å²) in [7, 11) is 0. The number of imidazole rings is 1. The first-order valence-corrected chi connectivity index (χ1v) is 8.64. The minimum atomic E-state index is -0.224. The number of benzene rings is 1. The number of thiazole rings is 1. The fourth-order valence-electron chi connectivity index (χ4n) is 2.44. The average molecular weight is 342 g/mol. The zero-order valence-corrected chi connectivity index (χ0v) is 13.8. The maximum atomic E-state index is 12.6. The summed E-state index contributed by atoms with van der Waals surface area (Å²) in [5.74, 6) is 0.357. The molecule has 4 rings (SSSR count). The Balaban J connectivity index is 1.62. The van der Waals surface area contributed by atoms with Crippen molar-refractivity contribution in [3.8, 4) is 5.69 Å². The molecule has 0 radical (unpaired) electrons. The van der Waals surface area contributed by atoms with Crippen molar-refractivity contribution < 1.29 is 4.79 Å². The lowest BCUT2D eigenvalue weighted by atomic mass is 10.3. The number of aromatic nitrogens is 3. The molecule has 23 heavy (non-hydrogen) atoms. The molecule has 0 unspecified atom stereocenters. The van der Waals surface area contributed by atoms with Gasteiger partial charge >= 0.3 is 0 Å². The first-order valence-electron chi connectivity index (χ1n) is 7.35. The predicted octanol–water partition coefficient (Wildman–Crippen LogP) is 4.12. The number of aromatic amines is 1. The normalized spacial score (nSPS) is 13.9. The van der Waals surface area contributed by atoms with E-state index in [0.29, 0.717) is 21.5 Å². The zero-order valence-electron chi connectivity index (χ0n) is 12.2. The molecule has 0 spiro atoms. The lowest BCUT2D eigenvalue weighted by molar-refractivity contribution is 0.102. The fourth-order valence-corrected chi connectivity index (χ4v) is 3.49. The maximum Gasteiger partial charge on any atom is 0.276 e. The lowest BCUT2D eigenvalue weighted by Crippen LogP contribution is -2.16. The van der Waals surface area contributed by atoms with Crippen LogP contribution in [0.25, 0.3) is 5.69 Å². The van der Waals surface area contributed by atoms with E-state index in [1.807, 2.05) is 35.7 Å². The highest BCUT2D eigenvalue weighted by molar-refractivity contribution is 7.71. The number of carbonyl (C=O) groups excluding carboxylic acids is 1. The van der Waals surface area contributed by atoms with E-state index in [9.17, 15) is 4.79 Å². The van der Waals surface area contributed by atoms with E-state index in [2.05, 4.69) is 15.3 Å². The van der Waals surface area contributed by atoms with E-state index in [0.717, 1.165) is 11.4 Å². The van der Waals surface area contributed by atoms with Gasteiger partial charge in [0.15, 0.2) is 9.90 Å². The van der Waals surface area contributed by atoms with Crippen LogP contribution < -0.4 is 5.32 Å². The summed E-state index contributed by atoms with van der Waals surface area (Å²) in [5.41, 5.74) is 2.39. The number of amides is 1. The van der Waals surface area contributed by atoms with Gasteiger partial charge in [-0.15, -0.1) is 11.3 Å². The van der Waals surface area contributed by atoms with Crippen LogP contribution in [0.3, 0.4) is 0 Å². The Morgan fingerprint density at radius 2 is 2.13 bits per heavy atom. The van der Waals surface area contributed by atoms with E-state index in [1.165, 1.54) is 24.2 Å². The van der Waals surface area contributed by atoms with Gasteiger partial charge in [-0.05, 0) is 37.2 Å². The van der Waals surface area contributed by atoms with Crippen LogP contribution in [0.5, 0.6) is 0 Å². The molecule has 2 heterocycles. The first-order chi connectivity index (χ1) is 11.2. The number of rotatable bonds is 4. The number of hydrogen-bond acceptors (Lipinski definition) is 4. The van der Waals surface area contributed by atoms with Crippen LogP contribution in [0.1, 0.15) is 34.9 Å². The molecule has 3 aromatic rings. The predicted molar refractivity (Wildman–Crippen MR) is 93.0 cm³/mol. The van der Waals surface area contributed by atoms with Crippen molar-refractivity contribution in [2.24, 2.45) is 0 Å². The highest BCUT2D eigenvalue weighted by atomic mass is 32.1. The summed E-state index contributed by atoms with van der Waals surface area (Å²) in [6.07, 6.45) is 4.02. The van der Waals surface area contributed by atoms with Gasteiger partial charge in [0.05, 0.1) is 5.69 Å². The van der Waals surface area contributed by atoms with Crippen LogP contribution in [0.15, 0.2) is 41.9 Å². The molecule has 1 aromatic carbocycles. The van der Waals surface area contributed by atoms with Crippen molar-refractivity contribution in [1.29, 1.82) is 0 Å². The van der Waals surface area contributed by atoms with Crippen LogP contribution in [-0.4, -0.2) is 20.4 Å². The number of nitrogens with one attached hydrogen (secondary N) is 2. The number of anilines is 1. The molecule has 0 bridgehead atoms. The van der Waals surface area contributed by atoms with Crippen LogP contribution in [0.4, 0.5) is 5.13 Å². The summed E-state index contributed by atoms with van der Waals surface area (Å²) < 4.78 is 2.21. The van der Waals surface area contributed by atoms with Crippen molar-refractivity contribution in [2.75, 3.05) is 5.32 Å². The SMILES string of the molecule is O=C(Nc1nc(C2CC2)cs1)c1c[nH]c(=S)n1-c1ccccc1. The second-order valence-electron chi connectivity index (χ2n) is 5.46. The monoisotopic (exact) mass is 342 g/mol. The summed E-state index contributed by atoms with van der Waals surface area (Å²) in [5, 5.41) is 5.52. The summed E-state index contributed by atoms with van der Waals surface area (Å²) >= 11 is 6.76. The summed E-state index contributed by atoms with van der Waals surface area (Å²) in [6, 6.07) is 9.57. The molecule has 0 aliphatic heterocycles. The number of hydrogen-bond donors (Lipinski definition) is 2. The van der Waals surface area contributed by atoms with Gasteiger partial charge in [0.2, 0.25) is 0 Å². The summed E-state index contributed by atoms with van der Waals surface area (Å²) in [6.45, 7) is 0. The van der Waals surface area contributed by atoms with Crippen LogP contribution in [0, 0.1) is 4.77 Å². The molecule has 5 nitrogen and oxygen atoms in total. The molecule has 116 valence electrons. The molecule has 0 atom stereocenters. The van der Waals surface area contributed by atoms with Crippen molar-refractivity contribution in [1.82, 2.24) is 14.5 Å². The van der Waals surface area contributed by atoms with Crippen molar-refractivity contribution in [3.05, 3.63) is 58.1 Å². The Morgan fingerprint density at radius 3 is 2.87 bits per heavy atom. The zero-order chi connectivity index (χ0) is 15.8. The molecule has 1 aliphatic carbocycles. The number of nitrogens with zero attached hydrogens (tertiary/aromatic N) is 2. The molecule has 2 N–H and O–H groups in total. The minimum absolute atomic E-state index is 0.224. The topological polar surface area (TPSA) is 62.7 Å². The van der Waals surface area contributed by atoms with E-state index in [-0.39, 0.29) is 5.91 Å². The molecular formula is C16H14N4OS2. The van der Waals surface area contributed by atoms with Crippen LogP contribution >= 0.6 is 23.6 Å². The quantitative estimate of drug-likeness (QED) is 0.701. The Morgan fingerprint density at radius 1 is 1.35 bits per heavy atom. The third-order valence-electron chi connectivity index (χ3n) is 3.76.